The fourth-order valence-electron chi connectivity index (χ4n) is 3.68. The second-order valence-electron chi connectivity index (χ2n) is 7.65. The first-order valence-corrected chi connectivity index (χ1v) is 11.7. The van der Waals surface area contributed by atoms with Gasteiger partial charge < -0.3 is 10.6 Å². The van der Waals surface area contributed by atoms with Crippen LogP contribution >= 0.6 is 0 Å². The molecule has 0 aromatic heterocycles. The highest BCUT2D eigenvalue weighted by atomic mass is 32.2. The van der Waals surface area contributed by atoms with E-state index in [1.54, 1.807) is 36.4 Å². The molecule has 7 heteroatoms. The Balaban J connectivity index is 1.66. The van der Waals surface area contributed by atoms with Gasteiger partial charge in [-0.3, -0.25) is 9.52 Å². The van der Waals surface area contributed by atoms with Gasteiger partial charge in [0.1, 0.15) is 0 Å². The van der Waals surface area contributed by atoms with Gasteiger partial charge in [0.25, 0.3) is 10.0 Å². The molecule has 0 saturated carbocycles. The van der Waals surface area contributed by atoms with Crippen molar-refractivity contribution < 1.29 is 13.2 Å². The fraction of sp³-hybridized carbons (Fsp3) is 0.208. The molecule has 1 atom stereocenters. The van der Waals surface area contributed by atoms with E-state index in [1.807, 2.05) is 43.3 Å². The van der Waals surface area contributed by atoms with Gasteiger partial charge in [-0.25, -0.2) is 8.42 Å². The zero-order valence-electron chi connectivity index (χ0n) is 17.3. The minimum Gasteiger partial charge on any atom is -0.324 e. The van der Waals surface area contributed by atoms with Crippen LogP contribution in [0.4, 0.5) is 11.4 Å². The summed E-state index contributed by atoms with van der Waals surface area (Å²) in [7, 11) is -3.76. The molecule has 1 aliphatic heterocycles. The second kappa shape index (κ2) is 8.91. The summed E-state index contributed by atoms with van der Waals surface area (Å²) in [5.41, 5.74) is 3.51. The van der Waals surface area contributed by atoms with Crippen LogP contribution in [-0.2, 0) is 14.8 Å². The summed E-state index contributed by atoms with van der Waals surface area (Å²) < 4.78 is 28.6. The normalized spacial score (nSPS) is 16.1. The Morgan fingerprint density at radius 1 is 0.903 bits per heavy atom. The lowest BCUT2D eigenvalue weighted by molar-refractivity contribution is -0.117. The smallest absolute Gasteiger partial charge is 0.261 e. The molecule has 160 valence electrons. The standard InChI is InChI=1S/C24H25N3O3S/c1-17-12-14-18(15-13-17)31(29,30)27-22-10-5-3-8-20(22)19-7-2-4-9-21(19)26-24(28)23-11-6-16-25-23/h2-5,7-10,12-15,23,25,27H,6,11,16H2,1H3,(H,26,28)/t23-/m0/s1. The van der Waals surface area contributed by atoms with Gasteiger partial charge in [0.05, 0.1) is 16.6 Å². The zero-order chi connectivity index (χ0) is 21.8. The zero-order valence-corrected chi connectivity index (χ0v) is 18.1. The van der Waals surface area contributed by atoms with E-state index in [1.165, 1.54) is 0 Å². The number of rotatable bonds is 6. The molecule has 1 saturated heterocycles. The maximum absolute atomic E-state index is 12.9. The first-order valence-electron chi connectivity index (χ1n) is 10.3. The summed E-state index contributed by atoms with van der Waals surface area (Å²) in [6, 6.07) is 21.1. The van der Waals surface area contributed by atoms with Gasteiger partial charge in [0.15, 0.2) is 0 Å². The van der Waals surface area contributed by atoms with Crippen molar-refractivity contribution in [1.29, 1.82) is 0 Å². The van der Waals surface area contributed by atoms with Crippen molar-refractivity contribution >= 4 is 27.3 Å². The van der Waals surface area contributed by atoms with Gasteiger partial charge in [-0.05, 0) is 50.6 Å². The average molecular weight is 436 g/mol. The molecule has 3 aromatic rings. The first-order chi connectivity index (χ1) is 14.9. The first kappa shape index (κ1) is 21.1. The van der Waals surface area contributed by atoms with Gasteiger partial charge in [0, 0.05) is 16.8 Å². The molecule has 0 unspecified atom stereocenters. The molecule has 31 heavy (non-hydrogen) atoms. The van der Waals surface area contributed by atoms with Crippen LogP contribution in [0.1, 0.15) is 18.4 Å². The monoisotopic (exact) mass is 435 g/mol. The summed E-state index contributed by atoms with van der Waals surface area (Å²) in [6.45, 7) is 2.74. The molecule has 3 aromatic carbocycles. The van der Waals surface area contributed by atoms with E-state index in [0.717, 1.165) is 30.5 Å². The van der Waals surface area contributed by atoms with E-state index in [0.29, 0.717) is 16.9 Å². The van der Waals surface area contributed by atoms with Crippen LogP contribution in [0.15, 0.2) is 77.7 Å². The molecule has 0 spiro atoms. The van der Waals surface area contributed by atoms with Crippen molar-refractivity contribution in [1.82, 2.24) is 5.32 Å². The number of nitrogens with one attached hydrogen (secondary N) is 3. The van der Waals surface area contributed by atoms with E-state index in [4.69, 9.17) is 0 Å². The molecule has 1 heterocycles. The highest BCUT2D eigenvalue weighted by molar-refractivity contribution is 7.92. The summed E-state index contributed by atoms with van der Waals surface area (Å²) in [5, 5.41) is 6.20. The summed E-state index contributed by atoms with van der Waals surface area (Å²) in [4.78, 5) is 12.8. The number of aryl methyl sites for hydroxylation is 1. The van der Waals surface area contributed by atoms with Gasteiger partial charge >= 0.3 is 0 Å². The van der Waals surface area contributed by atoms with Gasteiger partial charge in [-0.15, -0.1) is 0 Å². The van der Waals surface area contributed by atoms with Crippen molar-refractivity contribution in [2.75, 3.05) is 16.6 Å². The maximum atomic E-state index is 12.9. The molecule has 1 amide bonds. The van der Waals surface area contributed by atoms with Gasteiger partial charge in [-0.1, -0.05) is 54.1 Å². The molecule has 1 fully saturated rings. The third-order valence-electron chi connectivity index (χ3n) is 5.35. The Morgan fingerprint density at radius 2 is 1.52 bits per heavy atom. The molecule has 4 rings (SSSR count). The second-order valence-corrected chi connectivity index (χ2v) is 9.33. The molecule has 1 aliphatic rings. The maximum Gasteiger partial charge on any atom is 0.261 e. The van der Waals surface area contributed by atoms with Crippen LogP contribution in [0.25, 0.3) is 11.1 Å². The van der Waals surface area contributed by atoms with Gasteiger partial charge in [-0.2, -0.15) is 0 Å². The molecular formula is C24H25N3O3S. The largest absolute Gasteiger partial charge is 0.324 e. The molecule has 0 bridgehead atoms. The number of carbonyl (C=O) groups is 1. The quantitative estimate of drug-likeness (QED) is 0.543. The van der Waals surface area contributed by atoms with Crippen molar-refractivity contribution in [2.45, 2.75) is 30.7 Å². The summed E-state index contributed by atoms with van der Waals surface area (Å²) in [6.07, 6.45) is 1.78. The number of hydrogen-bond donors (Lipinski definition) is 3. The van der Waals surface area contributed by atoms with E-state index in [9.17, 15) is 13.2 Å². The topological polar surface area (TPSA) is 87.3 Å². The summed E-state index contributed by atoms with van der Waals surface area (Å²) >= 11 is 0. The predicted octanol–water partition coefficient (Wildman–Crippen LogP) is 4.15. The Morgan fingerprint density at radius 3 is 2.16 bits per heavy atom. The van der Waals surface area contributed by atoms with Crippen LogP contribution in [0, 0.1) is 6.92 Å². The van der Waals surface area contributed by atoms with Crippen LogP contribution in [-0.4, -0.2) is 26.9 Å². The van der Waals surface area contributed by atoms with Crippen molar-refractivity contribution in [2.24, 2.45) is 0 Å². The molecule has 0 aliphatic carbocycles. The van der Waals surface area contributed by atoms with Crippen molar-refractivity contribution in [3.63, 3.8) is 0 Å². The Labute approximate surface area is 182 Å². The summed E-state index contributed by atoms with van der Waals surface area (Å²) in [5.74, 6) is -0.0809. The predicted molar refractivity (Wildman–Crippen MR) is 124 cm³/mol. The van der Waals surface area contributed by atoms with Crippen LogP contribution in [0.2, 0.25) is 0 Å². The minimum absolute atomic E-state index is 0.0809. The Hall–Kier alpha value is -3.16. The highest BCUT2D eigenvalue weighted by Gasteiger charge is 2.23. The lowest BCUT2D eigenvalue weighted by atomic mass is 10.0. The number of para-hydroxylation sites is 2. The number of amides is 1. The number of benzene rings is 3. The SMILES string of the molecule is Cc1ccc(S(=O)(=O)Nc2ccccc2-c2ccccc2NC(=O)[C@@H]2CCCN2)cc1. The molecular weight excluding hydrogens is 410 g/mol. The van der Waals surface area contributed by atoms with E-state index in [-0.39, 0.29) is 16.8 Å². The van der Waals surface area contributed by atoms with Crippen LogP contribution in [0.5, 0.6) is 0 Å². The molecule has 3 N–H and O–H groups in total. The van der Waals surface area contributed by atoms with E-state index in [2.05, 4.69) is 15.4 Å². The average Bonchev–Trinajstić information content (AvgIpc) is 3.30. The Kier molecular flexibility index (Phi) is 6.06. The number of sulfonamides is 1. The van der Waals surface area contributed by atoms with E-state index < -0.39 is 10.0 Å². The Bertz CT molecular complexity index is 1180. The van der Waals surface area contributed by atoms with Crippen molar-refractivity contribution in [3.8, 4) is 11.1 Å². The highest BCUT2D eigenvalue weighted by Crippen LogP contribution is 2.34. The lowest BCUT2D eigenvalue weighted by Gasteiger charge is -2.17. The van der Waals surface area contributed by atoms with Crippen LogP contribution < -0.4 is 15.4 Å². The fourth-order valence-corrected chi connectivity index (χ4v) is 4.76. The molecule has 0 radical (unpaired) electrons. The van der Waals surface area contributed by atoms with Crippen LogP contribution in [0.3, 0.4) is 0 Å². The lowest BCUT2D eigenvalue weighted by Crippen LogP contribution is -2.35. The molecule has 6 nitrogen and oxygen atoms in total. The van der Waals surface area contributed by atoms with Gasteiger partial charge in [0.2, 0.25) is 5.91 Å². The number of carbonyl (C=O) groups excluding carboxylic acids is 1. The number of hydrogen-bond acceptors (Lipinski definition) is 4. The van der Waals surface area contributed by atoms with Crippen molar-refractivity contribution in [3.05, 3.63) is 78.4 Å². The minimum atomic E-state index is -3.76. The van der Waals surface area contributed by atoms with E-state index >= 15 is 0 Å². The third kappa shape index (κ3) is 4.78. The number of anilines is 2. The third-order valence-corrected chi connectivity index (χ3v) is 6.74.